The summed E-state index contributed by atoms with van der Waals surface area (Å²) in [6.45, 7) is 0.354. The van der Waals surface area contributed by atoms with Crippen molar-refractivity contribution in [2.75, 3.05) is 31.2 Å². The molecule has 1 aromatic rings. The van der Waals surface area contributed by atoms with Crippen molar-refractivity contribution >= 4 is 5.69 Å². The molecule has 0 spiro atoms. The van der Waals surface area contributed by atoms with Crippen molar-refractivity contribution in [3.8, 4) is 5.75 Å². The molecule has 0 aliphatic rings. The van der Waals surface area contributed by atoms with Gasteiger partial charge in [0.1, 0.15) is 5.75 Å². The van der Waals surface area contributed by atoms with Gasteiger partial charge in [0.25, 0.3) is 0 Å². The third kappa shape index (κ3) is 5.75. The quantitative estimate of drug-likeness (QED) is 0.426. The van der Waals surface area contributed by atoms with Crippen LogP contribution < -0.4 is 4.90 Å². The predicted molar refractivity (Wildman–Crippen MR) is 75.7 cm³/mol. The predicted octanol–water partition coefficient (Wildman–Crippen LogP) is -0.315. The molecule has 0 heterocycles. The highest BCUT2D eigenvalue weighted by molar-refractivity contribution is 5.50. The molecule has 2 atom stereocenters. The Morgan fingerprint density at radius 2 is 1.50 bits per heavy atom. The van der Waals surface area contributed by atoms with Crippen LogP contribution in [-0.4, -0.2) is 64.0 Å². The van der Waals surface area contributed by atoms with Crippen LogP contribution in [0.5, 0.6) is 5.75 Å². The molecule has 0 saturated carbocycles. The molecule has 0 amide bonds. The lowest BCUT2D eigenvalue weighted by molar-refractivity contribution is 0.0854. The van der Waals surface area contributed by atoms with Gasteiger partial charge in [-0.2, -0.15) is 0 Å². The second kappa shape index (κ2) is 8.76. The fourth-order valence-corrected chi connectivity index (χ4v) is 1.85. The highest BCUT2D eigenvalue weighted by atomic mass is 16.3. The number of anilines is 1. The Bertz CT molecular complexity index is 374. The van der Waals surface area contributed by atoms with Crippen LogP contribution in [0.1, 0.15) is 12.8 Å². The average Bonchev–Trinajstić information content (AvgIpc) is 2.46. The summed E-state index contributed by atoms with van der Waals surface area (Å²) in [7, 11) is 0. The standard InChI is InChI=1S/C14H23NO5/c16-9-13(19)4-6-15(7-5-14(20)10-17)11-2-1-3-12(18)8-11/h1-3,8,13-14,16-20H,4-7,9-10H2. The van der Waals surface area contributed by atoms with Gasteiger partial charge in [-0.05, 0) is 25.0 Å². The van der Waals surface area contributed by atoms with Crippen molar-refractivity contribution in [3.05, 3.63) is 24.3 Å². The van der Waals surface area contributed by atoms with Gasteiger partial charge in [-0.1, -0.05) is 6.07 Å². The third-order valence-electron chi connectivity index (χ3n) is 3.08. The maximum atomic E-state index is 9.50. The van der Waals surface area contributed by atoms with E-state index in [0.29, 0.717) is 25.9 Å². The fraction of sp³-hybridized carbons (Fsp3) is 0.571. The average molecular weight is 285 g/mol. The number of aliphatic hydroxyl groups is 4. The fourth-order valence-electron chi connectivity index (χ4n) is 1.85. The van der Waals surface area contributed by atoms with Gasteiger partial charge in [-0.25, -0.2) is 0 Å². The third-order valence-corrected chi connectivity index (χ3v) is 3.08. The molecule has 0 radical (unpaired) electrons. The first kappa shape index (κ1) is 16.7. The van der Waals surface area contributed by atoms with Crippen molar-refractivity contribution in [2.45, 2.75) is 25.0 Å². The number of aliphatic hydroxyl groups excluding tert-OH is 4. The number of nitrogens with zero attached hydrogens (tertiary/aromatic N) is 1. The zero-order valence-electron chi connectivity index (χ0n) is 11.4. The number of benzene rings is 1. The molecule has 6 heteroatoms. The van der Waals surface area contributed by atoms with Crippen molar-refractivity contribution in [1.29, 1.82) is 0 Å². The smallest absolute Gasteiger partial charge is 0.117 e. The normalized spacial score (nSPS) is 14.0. The Labute approximate surface area is 118 Å². The summed E-state index contributed by atoms with van der Waals surface area (Å²) in [5.74, 6) is 0.137. The zero-order chi connectivity index (χ0) is 15.0. The molecule has 6 nitrogen and oxygen atoms in total. The summed E-state index contributed by atoms with van der Waals surface area (Å²) in [6, 6.07) is 6.68. The van der Waals surface area contributed by atoms with Gasteiger partial charge in [0.15, 0.2) is 0 Å². The molecule has 20 heavy (non-hydrogen) atoms. The minimum atomic E-state index is -0.794. The van der Waals surface area contributed by atoms with Gasteiger partial charge in [0.05, 0.1) is 25.4 Å². The molecular weight excluding hydrogens is 262 g/mol. The van der Waals surface area contributed by atoms with Gasteiger partial charge in [0, 0.05) is 24.8 Å². The van der Waals surface area contributed by atoms with Gasteiger partial charge >= 0.3 is 0 Å². The van der Waals surface area contributed by atoms with E-state index in [1.165, 1.54) is 0 Å². The van der Waals surface area contributed by atoms with E-state index < -0.39 is 12.2 Å². The molecule has 1 rings (SSSR count). The lowest BCUT2D eigenvalue weighted by Crippen LogP contribution is -2.31. The number of rotatable bonds is 9. The topological polar surface area (TPSA) is 104 Å². The summed E-state index contributed by atoms with van der Waals surface area (Å²) in [5.41, 5.74) is 0.764. The number of aromatic hydroxyl groups is 1. The number of hydrogen-bond acceptors (Lipinski definition) is 6. The zero-order valence-corrected chi connectivity index (χ0v) is 11.4. The molecule has 114 valence electrons. The van der Waals surface area contributed by atoms with Gasteiger partial charge in [0.2, 0.25) is 0 Å². The summed E-state index contributed by atoms with van der Waals surface area (Å²) in [6.07, 6.45) is -0.835. The Morgan fingerprint density at radius 1 is 0.950 bits per heavy atom. The van der Waals surface area contributed by atoms with E-state index in [1.54, 1.807) is 18.2 Å². The van der Waals surface area contributed by atoms with Gasteiger partial charge < -0.3 is 30.4 Å². The van der Waals surface area contributed by atoms with E-state index in [1.807, 2.05) is 11.0 Å². The summed E-state index contributed by atoms with van der Waals surface area (Å²) < 4.78 is 0. The Hall–Kier alpha value is -1.34. The first-order valence-corrected chi connectivity index (χ1v) is 6.68. The van der Waals surface area contributed by atoms with Crippen LogP contribution in [0.15, 0.2) is 24.3 Å². The highest BCUT2D eigenvalue weighted by Gasteiger charge is 2.12. The van der Waals surface area contributed by atoms with E-state index in [-0.39, 0.29) is 19.0 Å². The van der Waals surface area contributed by atoms with Crippen molar-refractivity contribution in [3.63, 3.8) is 0 Å². The summed E-state index contributed by atoms with van der Waals surface area (Å²) in [4.78, 5) is 1.89. The second-order valence-electron chi connectivity index (χ2n) is 4.76. The molecule has 0 saturated heterocycles. The largest absolute Gasteiger partial charge is 0.508 e. The van der Waals surface area contributed by atoms with Crippen LogP contribution in [-0.2, 0) is 0 Å². The lowest BCUT2D eigenvalue weighted by Gasteiger charge is -2.26. The van der Waals surface area contributed by atoms with Crippen molar-refractivity contribution < 1.29 is 25.5 Å². The molecule has 2 unspecified atom stereocenters. The molecule has 5 N–H and O–H groups in total. The van der Waals surface area contributed by atoms with Gasteiger partial charge in [-0.3, -0.25) is 0 Å². The molecule has 0 aromatic heterocycles. The summed E-state index contributed by atoms with van der Waals surface area (Å²) >= 11 is 0. The van der Waals surface area contributed by atoms with Crippen LogP contribution in [0.4, 0.5) is 5.69 Å². The molecule has 0 bridgehead atoms. The summed E-state index contributed by atoms with van der Waals surface area (Å²) in [5, 5.41) is 46.0. The van der Waals surface area contributed by atoms with Gasteiger partial charge in [-0.15, -0.1) is 0 Å². The minimum absolute atomic E-state index is 0.137. The first-order valence-electron chi connectivity index (χ1n) is 6.68. The van der Waals surface area contributed by atoms with Crippen molar-refractivity contribution in [1.82, 2.24) is 0 Å². The maximum Gasteiger partial charge on any atom is 0.117 e. The van der Waals surface area contributed by atoms with Crippen LogP contribution in [0.3, 0.4) is 0 Å². The Kier molecular flexibility index (Phi) is 7.32. The Morgan fingerprint density at radius 3 is 1.95 bits per heavy atom. The monoisotopic (exact) mass is 285 g/mol. The Balaban J connectivity index is 2.67. The number of phenolic OH excluding ortho intramolecular Hbond substituents is 1. The molecule has 0 fully saturated rings. The second-order valence-corrected chi connectivity index (χ2v) is 4.76. The number of phenols is 1. The van der Waals surface area contributed by atoms with E-state index >= 15 is 0 Å². The molecule has 0 aliphatic heterocycles. The van der Waals surface area contributed by atoms with E-state index in [2.05, 4.69) is 0 Å². The SMILES string of the molecule is OCC(O)CCN(CCC(O)CO)c1cccc(O)c1. The van der Waals surface area contributed by atoms with Crippen molar-refractivity contribution in [2.24, 2.45) is 0 Å². The van der Waals surface area contributed by atoms with Crippen LogP contribution in [0.25, 0.3) is 0 Å². The molecule has 0 aliphatic carbocycles. The van der Waals surface area contributed by atoms with Crippen LogP contribution in [0, 0.1) is 0 Å². The molecule has 1 aromatic carbocycles. The molecular formula is C14H23NO5. The van der Waals surface area contributed by atoms with Crippen LogP contribution in [0.2, 0.25) is 0 Å². The van der Waals surface area contributed by atoms with Crippen LogP contribution >= 0.6 is 0 Å². The minimum Gasteiger partial charge on any atom is -0.508 e. The van der Waals surface area contributed by atoms with E-state index in [4.69, 9.17) is 10.2 Å². The first-order chi connectivity index (χ1) is 9.56. The highest BCUT2D eigenvalue weighted by Crippen LogP contribution is 2.21. The van der Waals surface area contributed by atoms with E-state index in [0.717, 1.165) is 5.69 Å². The maximum absolute atomic E-state index is 9.50. The number of hydrogen-bond donors (Lipinski definition) is 5. The lowest BCUT2D eigenvalue weighted by atomic mass is 10.2. The van der Waals surface area contributed by atoms with E-state index in [9.17, 15) is 15.3 Å².